The lowest BCUT2D eigenvalue weighted by molar-refractivity contribution is 0.357. The number of pyridine rings is 1. The van der Waals surface area contributed by atoms with E-state index in [1.807, 2.05) is 12.3 Å². The van der Waals surface area contributed by atoms with Gasteiger partial charge in [0.2, 0.25) is 0 Å². The van der Waals surface area contributed by atoms with Crippen molar-refractivity contribution in [1.29, 1.82) is 0 Å². The molecule has 0 aliphatic carbocycles. The number of hydrogen-bond acceptors (Lipinski definition) is 2. The zero-order valence-electron chi connectivity index (χ0n) is 14.0. The molecular formula is C21H21BrN3. The Kier molecular flexibility index (Phi) is 5.11. The molecule has 3 nitrogen and oxygen atoms in total. The number of rotatable bonds is 4. The minimum absolute atomic E-state index is 0.300. The van der Waals surface area contributed by atoms with Gasteiger partial charge >= 0.3 is 0 Å². The van der Waals surface area contributed by atoms with Crippen molar-refractivity contribution in [2.75, 3.05) is 19.6 Å². The van der Waals surface area contributed by atoms with Crippen LogP contribution < -0.4 is 10.6 Å². The molecule has 0 bridgehead atoms. The highest BCUT2D eigenvalue weighted by atomic mass is 79.9. The van der Waals surface area contributed by atoms with Crippen molar-refractivity contribution in [2.24, 2.45) is 0 Å². The highest BCUT2D eigenvalue weighted by Crippen LogP contribution is 2.29. The van der Waals surface area contributed by atoms with Crippen molar-refractivity contribution in [3.8, 4) is 0 Å². The van der Waals surface area contributed by atoms with Crippen LogP contribution in [0, 0.1) is 0 Å². The third kappa shape index (κ3) is 3.76. The summed E-state index contributed by atoms with van der Waals surface area (Å²) in [5.41, 5.74) is 3.75. The van der Waals surface area contributed by atoms with E-state index >= 15 is 0 Å². The minimum atomic E-state index is 0.300. The molecule has 1 saturated heterocycles. The van der Waals surface area contributed by atoms with Crippen LogP contribution >= 0.6 is 15.9 Å². The van der Waals surface area contributed by atoms with Crippen molar-refractivity contribution in [3.63, 3.8) is 0 Å². The van der Waals surface area contributed by atoms with Gasteiger partial charge in [-0.05, 0) is 35.7 Å². The molecule has 4 rings (SSSR count). The summed E-state index contributed by atoms with van der Waals surface area (Å²) in [4.78, 5) is 4.63. The van der Waals surface area contributed by atoms with Gasteiger partial charge in [-0.15, -0.1) is 0 Å². The SMILES string of the molecule is Brc1ccc(C(Cc2cccc3cccnc23)C2CNCC[N]2)cc1. The Hall–Kier alpha value is -1.75. The van der Waals surface area contributed by atoms with Crippen LogP contribution in [0.3, 0.4) is 0 Å². The summed E-state index contributed by atoms with van der Waals surface area (Å²) >= 11 is 3.54. The largest absolute Gasteiger partial charge is 0.314 e. The monoisotopic (exact) mass is 394 g/mol. The van der Waals surface area contributed by atoms with Crippen LogP contribution in [0.5, 0.6) is 0 Å². The third-order valence-electron chi connectivity index (χ3n) is 4.92. The molecule has 1 aromatic heterocycles. The molecule has 1 aliphatic heterocycles. The Labute approximate surface area is 157 Å². The molecule has 0 amide bonds. The fourth-order valence-corrected chi connectivity index (χ4v) is 3.91. The van der Waals surface area contributed by atoms with Gasteiger partial charge in [0.15, 0.2) is 0 Å². The van der Waals surface area contributed by atoms with Gasteiger partial charge < -0.3 is 5.32 Å². The Morgan fingerprint density at radius 1 is 1.08 bits per heavy atom. The topological polar surface area (TPSA) is 39.0 Å². The Bertz CT molecular complexity index is 836. The van der Waals surface area contributed by atoms with Gasteiger partial charge in [-0.3, -0.25) is 4.98 Å². The van der Waals surface area contributed by atoms with Gasteiger partial charge in [0.1, 0.15) is 0 Å². The number of para-hydroxylation sites is 1. The average Bonchev–Trinajstić information content (AvgIpc) is 2.68. The fraction of sp³-hybridized carbons (Fsp3) is 0.286. The average molecular weight is 395 g/mol. The van der Waals surface area contributed by atoms with Crippen LogP contribution in [0.1, 0.15) is 17.0 Å². The third-order valence-corrected chi connectivity index (χ3v) is 5.45. The second-order valence-corrected chi connectivity index (χ2v) is 7.45. The zero-order chi connectivity index (χ0) is 17.1. The van der Waals surface area contributed by atoms with E-state index in [1.165, 1.54) is 16.5 Å². The van der Waals surface area contributed by atoms with E-state index < -0.39 is 0 Å². The van der Waals surface area contributed by atoms with Gasteiger partial charge in [-0.2, -0.15) is 0 Å². The lowest BCUT2D eigenvalue weighted by Crippen LogP contribution is -2.47. The van der Waals surface area contributed by atoms with E-state index in [-0.39, 0.29) is 0 Å². The highest BCUT2D eigenvalue weighted by molar-refractivity contribution is 9.10. The zero-order valence-corrected chi connectivity index (χ0v) is 15.6. The van der Waals surface area contributed by atoms with E-state index in [1.54, 1.807) is 0 Å². The molecule has 3 aromatic rings. The smallest absolute Gasteiger partial charge is 0.0734 e. The first kappa shape index (κ1) is 16.7. The van der Waals surface area contributed by atoms with E-state index in [0.717, 1.165) is 36.0 Å². The predicted molar refractivity (Wildman–Crippen MR) is 106 cm³/mol. The minimum Gasteiger partial charge on any atom is -0.314 e. The number of halogens is 1. The normalized spacial score (nSPS) is 19.0. The Morgan fingerprint density at radius 2 is 1.92 bits per heavy atom. The summed E-state index contributed by atoms with van der Waals surface area (Å²) < 4.78 is 1.11. The fourth-order valence-electron chi connectivity index (χ4n) is 3.65. The van der Waals surface area contributed by atoms with Crippen molar-refractivity contribution in [3.05, 3.63) is 76.4 Å². The molecule has 25 heavy (non-hydrogen) atoms. The van der Waals surface area contributed by atoms with Crippen molar-refractivity contribution >= 4 is 26.8 Å². The number of fused-ring (bicyclic) bond motifs is 1. The van der Waals surface area contributed by atoms with E-state index in [9.17, 15) is 0 Å². The summed E-state index contributed by atoms with van der Waals surface area (Å²) in [6.07, 6.45) is 2.83. The van der Waals surface area contributed by atoms with Crippen LogP contribution in [-0.4, -0.2) is 30.7 Å². The van der Waals surface area contributed by atoms with E-state index in [4.69, 9.17) is 5.32 Å². The lowest BCUT2D eigenvalue weighted by atomic mass is 9.84. The number of nitrogens with zero attached hydrogens (tertiary/aromatic N) is 2. The van der Waals surface area contributed by atoms with Gasteiger partial charge in [-0.25, -0.2) is 5.32 Å². The second-order valence-electron chi connectivity index (χ2n) is 6.53. The van der Waals surface area contributed by atoms with Crippen LogP contribution in [-0.2, 0) is 6.42 Å². The summed E-state index contributed by atoms with van der Waals surface area (Å²) in [5.74, 6) is 0.355. The van der Waals surface area contributed by atoms with E-state index in [2.05, 4.69) is 74.8 Å². The molecule has 1 N–H and O–H groups in total. The van der Waals surface area contributed by atoms with Crippen molar-refractivity contribution < 1.29 is 0 Å². The van der Waals surface area contributed by atoms with Gasteiger partial charge in [0.25, 0.3) is 0 Å². The van der Waals surface area contributed by atoms with E-state index in [0.29, 0.717) is 12.0 Å². The predicted octanol–water partition coefficient (Wildman–Crippen LogP) is 3.90. The van der Waals surface area contributed by atoms with Crippen LogP contribution in [0.25, 0.3) is 10.9 Å². The summed E-state index contributed by atoms with van der Waals surface area (Å²) in [6, 6.07) is 19.6. The molecule has 4 heteroatoms. The Morgan fingerprint density at radius 3 is 2.72 bits per heavy atom. The van der Waals surface area contributed by atoms with Crippen LogP contribution in [0.2, 0.25) is 0 Å². The second kappa shape index (κ2) is 7.65. The van der Waals surface area contributed by atoms with Gasteiger partial charge in [0, 0.05) is 47.6 Å². The first-order valence-electron chi connectivity index (χ1n) is 8.77. The maximum atomic E-state index is 4.91. The summed E-state index contributed by atoms with van der Waals surface area (Å²) in [5, 5.41) is 9.61. The first-order valence-corrected chi connectivity index (χ1v) is 9.56. The molecule has 1 aliphatic rings. The molecule has 127 valence electrons. The standard InChI is InChI=1S/C21H21BrN3/c22-18-8-6-15(7-9-18)19(20-14-23-11-12-24-20)13-17-4-1-3-16-5-2-10-25-21(16)17/h1-10,19-20,23H,11-14H2. The molecular weight excluding hydrogens is 374 g/mol. The summed E-state index contributed by atoms with van der Waals surface area (Å²) in [6.45, 7) is 2.82. The highest BCUT2D eigenvalue weighted by Gasteiger charge is 2.26. The molecule has 2 unspecified atom stereocenters. The Balaban J connectivity index is 1.71. The lowest BCUT2D eigenvalue weighted by Gasteiger charge is -2.31. The number of aromatic nitrogens is 1. The molecule has 2 heterocycles. The van der Waals surface area contributed by atoms with Crippen molar-refractivity contribution in [1.82, 2.24) is 15.6 Å². The molecule has 2 atom stereocenters. The maximum absolute atomic E-state index is 4.91. The number of benzene rings is 2. The maximum Gasteiger partial charge on any atom is 0.0734 e. The van der Waals surface area contributed by atoms with Crippen molar-refractivity contribution in [2.45, 2.75) is 18.4 Å². The molecule has 0 saturated carbocycles. The number of hydrogen-bond donors (Lipinski definition) is 1. The molecule has 1 radical (unpaired) electrons. The first-order chi connectivity index (χ1) is 12.3. The number of nitrogens with one attached hydrogen (secondary N) is 1. The van der Waals surface area contributed by atoms with Crippen LogP contribution in [0.4, 0.5) is 0 Å². The molecule has 0 spiro atoms. The molecule has 2 aromatic carbocycles. The van der Waals surface area contributed by atoms with Crippen LogP contribution in [0.15, 0.2) is 65.3 Å². The quantitative estimate of drug-likeness (QED) is 0.728. The molecule has 1 fully saturated rings. The summed E-state index contributed by atoms with van der Waals surface area (Å²) in [7, 11) is 0. The van der Waals surface area contributed by atoms with Gasteiger partial charge in [-0.1, -0.05) is 52.3 Å². The number of piperazine rings is 1. The van der Waals surface area contributed by atoms with Gasteiger partial charge in [0.05, 0.1) is 5.52 Å².